The summed E-state index contributed by atoms with van der Waals surface area (Å²) in [6.45, 7) is 7.13. The van der Waals surface area contributed by atoms with Crippen LogP contribution in [0.15, 0.2) is 0 Å². The van der Waals surface area contributed by atoms with Gasteiger partial charge >= 0.3 is 60.8 Å². The summed E-state index contributed by atoms with van der Waals surface area (Å²) in [6.07, 6.45) is 30.9. The van der Waals surface area contributed by atoms with E-state index in [1.165, 1.54) is 142 Å². The predicted molar refractivity (Wildman–Crippen MR) is 187 cm³/mol. The molecule has 0 fully saturated rings. The van der Waals surface area contributed by atoms with Crippen molar-refractivity contribution in [3.8, 4) is 0 Å². The van der Waals surface area contributed by atoms with Crippen molar-refractivity contribution >= 4 is 72.8 Å². The van der Waals surface area contributed by atoms with Crippen LogP contribution in [0.1, 0.15) is 207 Å². The number of esters is 2. The van der Waals surface area contributed by atoms with Gasteiger partial charge in [-0.3, -0.25) is 9.59 Å². The number of hydrogen-bond acceptors (Lipinski definition) is 8. The van der Waals surface area contributed by atoms with Crippen LogP contribution < -0.4 is 10.2 Å². The minimum absolute atomic E-state index is 0. The molecule has 0 aromatic heterocycles. The fourth-order valence-corrected chi connectivity index (χ4v) is 5.18. The number of ether oxygens (including phenoxy) is 2. The van der Waals surface area contributed by atoms with Gasteiger partial charge in [0, 0.05) is 12.8 Å². The molecule has 0 aromatic carbocycles. The van der Waals surface area contributed by atoms with E-state index in [1.807, 2.05) is 0 Å². The maximum Gasteiger partial charge on any atom is 2.00 e. The summed E-state index contributed by atoms with van der Waals surface area (Å²) in [6, 6.07) is 0. The van der Waals surface area contributed by atoms with Gasteiger partial charge in [-0.2, -0.15) is 0 Å². The molecule has 0 aliphatic rings. The smallest absolute Gasteiger partial charge is 0.546 e. The van der Waals surface area contributed by atoms with Crippen LogP contribution in [-0.2, 0) is 28.7 Å². The maximum atomic E-state index is 11.3. The van der Waals surface area contributed by atoms with Crippen LogP contribution in [0.25, 0.3) is 0 Å². The molecular weight excluding hydrogens is 722 g/mol. The Kier molecular flexibility index (Phi) is 43.1. The molecule has 0 rings (SSSR count). The van der Waals surface area contributed by atoms with E-state index in [-0.39, 0.29) is 48.9 Å². The van der Waals surface area contributed by atoms with Gasteiger partial charge in [0.15, 0.2) is 0 Å². The van der Waals surface area contributed by atoms with Gasteiger partial charge in [-0.15, -0.1) is 0 Å². The second-order valence-electron chi connectivity index (χ2n) is 12.9. The Morgan fingerprint density at radius 3 is 0.787 bits per heavy atom. The van der Waals surface area contributed by atoms with Crippen LogP contribution >= 0.6 is 0 Å². The molecule has 0 bridgehead atoms. The first-order valence-electron chi connectivity index (χ1n) is 19.0. The summed E-state index contributed by atoms with van der Waals surface area (Å²) in [7, 11) is 0. The molecule has 0 saturated carbocycles. The molecule has 8 nitrogen and oxygen atoms in total. The number of aliphatic carboxylic acids is 2. The molecule has 47 heavy (non-hydrogen) atoms. The van der Waals surface area contributed by atoms with Crippen LogP contribution in [-0.4, -0.2) is 85.0 Å². The minimum Gasteiger partial charge on any atom is -0.546 e. The predicted octanol–water partition coefficient (Wildman–Crippen LogP) is 7.92. The van der Waals surface area contributed by atoms with Crippen LogP contribution in [0, 0.1) is 0 Å². The molecule has 0 saturated heterocycles. The Hall–Kier alpha value is -0.549. The van der Waals surface area contributed by atoms with Crippen molar-refractivity contribution in [2.75, 3.05) is 0 Å². The molecule has 0 N–H and O–H groups in total. The molecule has 0 amide bonds. The van der Waals surface area contributed by atoms with Gasteiger partial charge in [0.05, 0.1) is 11.9 Å². The van der Waals surface area contributed by atoms with Gasteiger partial charge in [0.1, 0.15) is 12.2 Å². The molecule has 0 spiro atoms. The van der Waals surface area contributed by atoms with Crippen LogP contribution in [0.3, 0.4) is 0 Å². The van der Waals surface area contributed by atoms with E-state index in [0.717, 1.165) is 38.5 Å². The Balaban J connectivity index is -0.000000807. The second-order valence-corrected chi connectivity index (χ2v) is 12.9. The largest absolute Gasteiger partial charge is 2.00 e. The first-order chi connectivity index (χ1) is 22.1. The molecule has 9 heteroatoms. The Morgan fingerprint density at radius 1 is 0.404 bits per heavy atom. The molecule has 0 heterocycles. The number of rotatable bonds is 32. The van der Waals surface area contributed by atoms with E-state index in [2.05, 4.69) is 13.8 Å². The first-order valence-corrected chi connectivity index (χ1v) is 19.0. The Bertz CT molecular complexity index is 670. The quantitative estimate of drug-likeness (QED) is 0.0382. The fourth-order valence-electron chi connectivity index (χ4n) is 5.18. The Morgan fingerprint density at radius 2 is 0.596 bits per heavy atom. The number of carbonyl (C=O) groups excluding carboxylic acids is 4. The molecule has 2 atom stereocenters. The van der Waals surface area contributed by atoms with Gasteiger partial charge in [0.25, 0.3) is 0 Å². The standard InChI is InChI=1S/2C19H36O4.Ba/c2*1-3-4-5-6-7-8-9-10-11-12-13-14-15-16-18(20)23-17(2)19(21)22;/h2*17H,3-16H2,1-2H3,(H,21,22);/q;;+2/p-2. The number of carboxylic acids is 2. The van der Waals surface area contributed by atoms with Crippen LogP contribution in [0.4, 0.5) is 0 Å². The molecule has 0 aliphatic heterocycles. The fraction of sp³-hybridized carbons (Fsp3) is 0.895. The summed E-state index contributed by atoms with van der Waals surface area (Å²) < 4.78 is 9.44. The van der Waals surface area contributed by atoms with E-state index in [9.17, 15) is 29.4 Å². The molecular formula is C38H70BaO8. The normalized spacial score (nSPS) is 11.8. The Labute approximate surface area is 328 Å². The summed E-state index contributed by atoms with van der Waals surface area (Å²) in [5, 5.41) is 20.9. The third-order valence-corrected chi connectivity index (χ3v) is 8.25. The average Bonchev–Trinajstić information content (AvgIpc) is 3.01. The summed E-state index contributed by atoms with van der Waals surface area (Å²) in [5.41, 5.74) is 0. The number of carboxylic acid groups (broad SMARTS) is 2. The van der Waals surface area contributed by atoms with E-state index in [1.54, 1.807) is 0 Å². The third-order valence-electron chi connectivity index (χ3n) is 8.25. The van der Waals surface area contributed by atoms with Crippen molar-refractivity contribution in [2.24, 2.45) is 0 Å². The van der Waals surface area contributed by atoms with E-state index in [4.69, 9.17) is 9.47 Å². The number of hydrogen-bond donors (Lipinski definition) is 0. The van der Waals surface area contributed by atoms with E-state index < -0.39 is 36.1 Å². The van der Waals surface area contributed by atoms with Gasteiger partial charge in [-0.25, -0.2) is 0 Å². The van der Waals surface area contributed by atoms with Gasteiger partial charge in [-0.1, -0.05) is 168 Å². The zero-order valence-electron chi connectivity index (χ0n) is 30.9. The van der Waals surface area contributed by atoms with Gasteiger partial charge < -0.3 is 29.3 Å². The van der Waals surface area contributed by atoms with E-state index in [0.29, 0.717) is 12.8 Å². The van der Waals surface area contributed by atoms with Crippen molar-refractivity contribution < 1.29 is 38.9 Å². The monoisotopic (exact) mass is 792 g/mol. The minimum atomic E-state index is -1.34. The SMILES string of the molecule is CCCCCCCCCCCCCCCC(=O)OC(C)C(=O)[O-].CCCCCCCCCCCCCCCC(=O)OC(C)C(=O)[O-].[Ba+2]. The maximum absolute atomic E-state index is 11.3. The first kappa shape index (κ1) is 50.8. The second kappa shape index (κ2) is 39.9. The third kappa shape index (κ3) is 41.5. The van der Waals surface area contributed by atoms with Crippen molar-refractivity contribution in [3.05, 3.63) is 0 Å². The zero-order chi connectivity index (χ0) is 34.7. The van der Waals surface area contributed by atoms with Crippen molar-refractivity contribution in [1.82, 2.24) is 0 Å². The van der Waals surface area contributed by atoms with Crippen molar-refractivity contribution in [1.29, 1.82) is 0 Å². The molecule has 0 radical (unpaired) electrons. The van der Waals surface area contributed by atoms with Crippen molar-refractivity contribution in [2.45, 2.75) is 220 Å². The number of carbonyl (C=O) groups is 4. The van der Waals surface area contributed by atoms with Crippen LogP contribution in [0.2, 0.25) is 0 Å². The van der Waals surface area contributed by atoms with E-state index >= 15 is 0 Å². The summed E-state index contributed by atoms with van der Waals surface area (Å²) in [5.74, 6) is -3.57. The van der Waals surface area contributed by atoms with Crippen molar-refractivity contribution in [3.63, 3.8) is 0 Å². The topological polar surface area (TPSA) is 133 Å². The molecule has 0 aromatic rings. The zero-order valence-corrected chi connectivity index (χ0v) is 35.4. The van der Waals surface area contributed by atoms with Gasteiger partial charge in [0.2, 0.25) is 0 Å². The molecule has 0 aliphatic carbocycles. The van der Waals surface area contributed by atoms with Gasteiger partial charge in [-0.05, 0) is 26.7 Å². The number of unbranched alkanes of at least 4 members (excludes halogenated alkanes) is 24. The molecule has 272 valence electrons. The van der Waals surface area contributed by atoms with Crippen LogP contribution in [0.5, 0.6) is 0 Å². The summed E-state index contributed by atoms with van der Waals surface area (Å²) in [4.78, 5) is 43.6. The summed E-state index contributed by atoms with van der Waals surface area (Å²) >= 11 is 0. The average molecular weight is 792 g/mol. The molecule has 2 unspecified atom stereocenters.